The summed E-state index contributed by atoms with van der Waals surface area (Å²) in [6.07, 6.45) is 6.65. The summed E-state index contributed by atoms with van der Waals surface area (Å²) in [6, 6.07) is 3.91. The number of nitrogens with one attached hydrogen (secondary N) is 1. The molecule has 11 heteroatoms. The molecule has 9 nitrogen and oxygen atoms in total. The van der Waals surface area contributed by atoms with Crippen molar-refractivity contribution in [1.29, 1.82) is 0 Å². The first-order chi connectivity index (χ1) is 21.8. The molecule has 0 spiro atoms. The number of amides is 1. The largest absolute Gasteiger partial charge is 0.338 e. The number of carbonyl (C=O) groups excluding carboxylic acids is 1. The average Bonchev–Trinajstić information content (AvgIpc) is 3.65. The monoisotopic (exact) mass is 620 g/mol. The predicted molar refractivity (Wildman–Crippen MR) is 171 cm³/mol. The molecule has 2 atom stereocenters. The van der Waals surface area contributed by atoms with Gasteiger partial charge in [-0.2, -0.15) is 10.2 Å². The number of likely N-dealkylation sites (tertiary alicyclic amines) is 1. The molecule has 4 aliphatic rings. The fourth-order valence-corrected chi connectivity index (χ4v) is 8.09. The van der Waals surface area contributed by atoms with E-state index in [4.69, 9.17) is 5.10 Å². The topological polar surface area (TPSA) is 74.5 Å². The number of benzene rings is 1. The first-order valence-electron chi connectivity index (χ1n) is 16.8. The van der Waals surface area contributed by atoms with Gasteiger partial charge in [-0.1, -0.05) is 6.92 Å². The fourth-order valence-electron chi connectivity index (χ4n) is 8.09. The van der Waals surface area contributed by atoms with Crippen molar-refractivity contribution in [3.05, 3.63) is 46.9 Å². The number of aromatic nitrogens is 4. The Bertz CT molecular complexity index is 1540. The molecule has 0 saturated carbocycles. The van der Waals surface area contributed by atoms with Crippen LogP contribution in [0.3, 0.4) is 0 Å². The van der Waals surface area contributed by atoms with Crippen LogP contribution in [0.25, 0.3) is 11.1 Å². The molecule has 0 aliphatic carbocycles. The summed E-state index contributed by atoms with van der Waals surface area (Å²) >= 11 is 0. The number of alkyl halides is 2. The first kappa shape index (κ1) is 30.3. The molecular formula is C34H46F2N8O. The molecule has 2 fully saturated rings. The second-order valence-corrected chi connectivity index (χ2v) is 13.7. The highest BCUT2D eigenvalue weighted by Crippen LogP contribution is 2.43. The zero-order valence-corrected chi connectivity index (χ0v) is 26.8. The number of nitrogens with zero attached hydrogens (tertiary/aromatic N) is 7. The molecule has 242 valence electrons. The van der Waals surface area contributed by atoms with E-state index in [0.717, 1.165) is 86.8 Å². The Morgan fingerprint density at radius 1 is 1.11 bits per heavy atom. The van der Waals surface area contributed by atoms with Gasteiger partial charge in [0.05, 0.1) is 18.8 Å². The maximum absolute atomic E-state index is 14.6. The minimum atomic E-state index is -2.62. The number of aryl methyl sites for hydroxylation is 2. The lowest BCUT2D eigenvalue weighted by Crippen LogP contribution is -2.44. The zero-order valence-electron chi connectivity index (χ0n) is 26.8. The van der Waals surface area contributed by atoms with Crippen molar-refractivity contribution in [1.82, 2.24) is 34.7 Å². The van der Waals surface area contributed by atoms with Crippen molar-refractivity contribution in [3.63, 3.8) is 0 Å². The molecule has 6 heterocycles. The summed E-state index contributed by atoms with van der Waals surface area (Å²) in [5, 5.41) is 13.1. The van der Waals surface area contributed by atoms with Crippen LogP contribution in [0, 0.1) is 11.8 Å². The number of hydrogen-bond donors (Lipinski definition) is 1. The van der Waals surface area contributed by atoms with Crippen LogP contribution in [0.5, 0.6) is 0 Å². The predicted octanol–water partition coefficient (Wildman–Crippen LogP) is 5.09. The molecule has 4 aliphatic heterocycles. The van der Waals surface area contributed by atoms with Crippen molar-refractivity contribution in [2.75, 3.05) is 50.7 Å². The van der Waals surface area contributed by atoms with Gasteiger partial charge in [-0.3, -0.25) is 14.2 Å². The number of halogens is 2. The van der Waals surface area contributed by atoms with Crippen LogP contribution in [0.15, 0.2) is 24.5 Å². The van der Waals surface area contributed by atoms with E-state index in [1.54, 1.807) is 37.1 Å². The molecule has 0 bridgehead atoms. The number of hydrogen-bond acceptors (Lipinski definition) is 6. The fraction of sp³-hybridized carbons (Fsp3) is 0.618. The smallest absolute Gasteiger partial charge is 0.264 e. The van der Waals surface area contributed by atoms with Crippen molar-refractivity contribution in [2.24, 2.45) is 18.9 Å². The van der Waals surface area contributed by atoms with Gasteiger partial charge >= 0.3 is 0 Å². The standard InChI is InChI=1S/C34H46F2N8O/c1-22-17-37-10-6-25(22)20-41-12-7-27(8-13-41)44-31-9-14-42(23(2)45)21-30(31)34(39-44)43-11-4-5-24-15-28(26-18-38-40(3)19-26)29(33(35)36)16-32(24)43/h15-16,18-19,22,25,27,33,37H,4-14,17,20-21H2,1-3H3/t22-,25+/m0/s1. The molecular weight excluding hydrogens is 574 g/mol. The van der Waals surface area contributed by atoms with Crippen molar-refractivity contribution < 1.29 is 13.6 Å². The lowest BCUT2D eigenvalue weighted by molar-refractivity contribution is -0.129. The Hall–Kier alpha value is -3.31. The van der Waals surface area contributed by atoms with E-state index < -0.39 is 6.43 Å². The van der Waals surface area contributed by atoms with E-state index in [0.29, 0.717) is 42.7 Å². The van der Waals surface area contributed by atoms with Gasteiger partial charge in [0.1, 0.15) is 0 Å². The summed E-state index contributed by atoms with van der Waals surface area (Å²) in [7, 11) is 1.80. The lowest BCUT2D eigenvalue weighted by Gasteiger charge is -2.38. The van der Waals surface area contributed by atoms with E-state index in [1.807, 2.05) is 11.0 Å². The highest BCUT2D eigenvalue weighted by molar-refractivity contribution is 5.78. The molecule has 3 aromatic rings. The van der Waals surface area contributed by atoms with Crippen molar-refractivity contribution >= 4 is 17.4 Å². The Morgan fingerprint density at radius 2 is 1.93 bits per heavy atom. The van der Waals surface area contributed by atoms with Crippen LogP contribution in [-0.4, -0.2) is 81.1 Å². The highest BCUT2D eigenvalue weighted by atomic mass is 19.3. The zero-order chi connectivity index (χ0) is 31.2. The molecule has 1 amide bonds. The number of anilines is 2. The highest BCUT2D eigenvalue weighted by Gasteiger charge is 2.35. The number of carbonyl (C=O) groups is 1. The van der Waals surface area contributed by atoms with Gasteiger partial charge in [0, 0.05) is 87.4 Å². The van der Waals surface area contributed by atoms with Gasteiger partial charge in [-0.15, -0.1) is 0 Å². The second kappa shape index (κ2) is 12.5. The van der Waals surface area contributed by atoms with Gasteiger partial charge in [0.15, 0.2) is 5.82 Å². The quantitative estimate of drug-likeness (QED) is 0.414. The summed E-state index contributed by atoms with van der Waals surface area (Å²) < 4.78 is 33.0. The van der Waals surface area contributed by atoms with Crippen molar-refractivity contribution in [3.8, 4) is 11.1 Å². The summed E-state index contributed by atoms with van der Waals surface area (Å²) in [5.41, 5.74) is 5.40. The van der Waals surface area contributed by atoms with Crippen LogP contribution < -0.4 is 10.2 Å². The molecule has 2 aromatic heterocycles. The van der Waals surface area contributed by atoms with E-state index in [2.05, 4.69) is 31.8 Å². The maximum atomic E-state index is 14.6. The molecule has 1 aromatic carbocycles. The summed E-state index contributed by atoms with van der Waals surface area (Å²) in [4.78, 5) is 19.2. The van der Waals surface area contributed by atoms with Gasteiger partial charge in [-0.05, 0) is 80.3 Å². The van der Waals surface area contributed by atoms with Crippen LogP contribution in [0.1, 0.15) is 74.4 Å². The summed E-state index contributed by atoms with van der Waals surface area (Å²) in [6.45, 7) is 11.4. The number of piperidine rings is 2. The molecule has 2 saturated heterocycles. The Kier molecular flexibility index (Phi) is 8.41. The lowest BCUT2D eigenvalue weighted by atomic mass is 9.87. The van der Waals surface area contributed by atoms with E-state index in [9.17, 15) is 13.6 Å². The minimum absolute atomic E-state index is 0.0164. The van der Waals surface area contributed by atoms with Gasteiger partial charge in [0.25, 0.3) is 6.43 Å². The van der Waals surface area contributed by atoms with Gasteiger partial charge in [0.2, 0.25) is 5.91 Å². The SMILES string of the molecule is CC(=O)N1CCc2c(c(N3CCCc4cc(-c5cnn(C)c5)c(C(F)F)cc43)nn2C2CCN(C[C@H]3CCNC[C@@H]3C)CC2)C1. The normalized spacial score (nSPS) is 23.0. The van der Waals surface area contributed by atoms with Gasteiger partial charge in [-0.25, -0.2) is 8.78 Å². The van der Waals surface area contributed by atoms with Crippen LogP contribution >= 0.6 is 0 Å². The minimum Gasteiger partial charge on any atom is -0.338 e. The Labute approximate surface area is 264 Å². The van der Waals surface area contributed by atoms with Gasteiger partial charge < -0.3 is 20.0 Å². The van der Waals surface area contributed by atoms with Crippen LogP contribution in [0.4, 0.5) is 20.3 Å². The Balaban J connectivity index is 1.21. The maximum Gasteiger partial charge on any atom is 0.264 e. The van der Waals surface area contributed by atoms with E-state index >= 15 is 0 Å². The van der Waals surface area contributed by atoms with E-state index in [1.165, 1.54) is 18.7 Å². The first-order valence-corrected chi connectivity index (χ1v) is 16.8. The molecule has 0 radical (unpaired) electrons. The molecule has 7 rings (SSSR count). The average molecular weight is 621 g/mol. The van der Waals surface area contributed by atoms with E-state index in [-0.39, 0.29) is 11.5 Å². The third kappa shape index (κ3) is 5.89. The van der Waals surface area contributed by atoms with Crippen molar-refractivity contribution in [2.45, 2.75) is 71.4 Å². The number of rotatable bonds is 6. The Morgan fingerprint density at radius 3 is 2.64 bits per heavy atom. The molecule has 1 N–H and O–H groups in total. The number of fused-ring (bicyclic) bond motifs is 2. The molecule has 45 heavy (non-hydrogen) atoms. The summed E-state index contributed by atoms with van der Waals surface area (Å²) in [5.74, 6) is 2.34. The molecule has 0 unspecified atom stereocenters. The second-order valence-electron chi connectivity index (χ2n) is 13.7. The third-order valence-corrected chi connectivity index (χ3v) is 10.7. The third-order valence-electron chi connectivity index (χ3n) is 10.7. The van der Waals surface area contributed by atoms with Crippen LogP contribution in [0.2, 0.25) is 0 Å². The van der Waals surface area contributed by atoms with Crippen LogP contribution in [-0.2, 0) is 31.2 Å².